The van der Waals surface area contributed by atoms with Crippen LogP contribution in [0, 0.1) is 19.8 Å². The number of aromatic amines is 1. The molecule has 0 atom stereocenters. The predicted molar refractivity (Wildman–Crippen MR) is 93.8 cm³/mol. The third-order valence-corrected chi connectivity index (χ3v) is 5.07. The van der Waals surface area contributed by atoms with E-state index in [-0.39, 0.29) is 23.4 Å². The molecule has 0 radical (unpaired) electrons. The molecule has 2 rings (SSSR count). The Morgan fingerprint density at radius 3 is 2.16 bits per heavy atom. The number of H-pyrrole nitrogens is 1. The van der Waals surface area contributed by atoms with E-state index < -0.39 is 5.97 Å². The van der Waals surface area contributed by atoms with E-state index in [2.05, 4.69) is 4.98 Å². The van der Waals surface area contributed by atoms with Crippen LogP contribution >= 0.6 is 0 Å². The van der Waals surface area contributed by atoms with Crippen LogP contribution in [0.15, 0.2) is 0 Å². The minimum Gasteiger partial charge on any atom is -0.477 e. The lowest BCUT2D eigenvalue weighted by Gasteiger charge is -2.34. The first-order valence-electron chi connectivity index (χ1n) is 8.82. The molecule has 1 aliphatic rings. The molecule has 0 aromatic carbocycles. The summed E-state index contributed by atoms with van der Waals surface area (Å²) in [4.78, 5) is 42.8. The van der Waals surface area contributed by atoms with Gasteiger partial charge in [-0.1, -0.05) is 0 Å². The molecule has 7 nitrogen and oxygen atoms in total. The minimum atomic E-state index is -1.07. The largest absolute Gasteiger partial charge is 0.477 e. The van der Waals surface area contributed by atoms with E-state index in [1.807, 2.05) is 18.7 Å². The fourth-order valence-corrected chi connectivity index (χ4v) is 3.57. The lowest BCUT2D eigenvalue weighted by atomic mass is 9.94. The molecule has 2 amide bonds. The molecule has 138 valence electrons. The van der Waals surface area contributed by atoms with Crippen molar-refractivity contribution in [2.45, 2.75) is 40.5 Å². The summed E-state index contributed by atoms with van der Waals surface area (Å²) >= 11 is 0. The zero-order valence-electron chi connectivity index (χ0n) is 15.4. The van der Waals surface area contributed by atoms with Crippen LogP contribution in [0.2, 0.25) is 0 Å². The van der Waals surface area contributed by atoms with Crippen LogP contribution in [0.3, 0.4) is 0 Å². The van der Waals surface area contributed by atoms with Crippen LogP contribution in [-0.2, 0) is 4.79 Å². The second-order valence-corrected chi connectivity index (χ2v) is 6.51. The van der Waals surface area contributed by atoms with Crippen LogP contribution < -0.4 is 0 Å². The highest BCUT2D eigenvalue weighted by Crippen LogP contribution is 2.24. The Bertz CT molecular complexity index is 668. The maximum Gasteiger partial charge on any atom is 0.352 e. The fraction of sp³-hybridized carbons (Fsp3) is 0.611. The first-order chi connectivity index (χ1) is 11.8. The smallest absolute Gasteiger partial charge is 0.352 e. The van der Waals surface area contributed by atoms with Crippen LogP contribution in [0.1, 0.15) is 58.8 Å². The van der Waals surface area contributed by atoms with Crippen LogP contribution in [-0.4, -0.2) is 63.9 Å². The summed E-state index contributed by atoms with van der Waals surface area (Å²) in [6.07, 6.45) is 1.30. The Kier molecular flexibility index (Phi) is 5.87. The van der Waals surface area contributed by atoms with Gasteiger partial charge < -0.3 is 19.9 Å². The fourth-order valence-electron chi connectivity index (χ4n) is 3.57. The minimum absolute atomic E-state index is 0.0352. The molecule has 1 aliphatic heterocycles. The molecular weight excluding hydrogens is 322 g/mol. The van der Waals surface area contributed by atoms with Gasteiger partial charge in [0.15, 0.2) is 0 Å². The van der Waals surface area contributed by atoms with Crippen LogP contribution in [0.4, 0.5) is 0 Å². The number of amides is 2. The number of nitrogens with zero attached hydrogens (tertiary/aromatic N) is 2. The number of aromatic carboxylic acids is 1. The first kappa shape index (κ1) is 19.0. The van der Waals surface area contributed by atoms with Gasteiger partial charge in [-0.3, -0.25) is 9.59 Å². The number of nitrogens with one attached hydrogen (secondary N) is 1. The molecule has 1 fully saturated rings. The van der Waals surface area contributed by atoms with Gasteiger partial charge >= 0.3 is 5.97 Å². The highest BCUT2D eigenvalue weighted by atomic mass is 16.4. The monoisotopic (exact) mass is 349 g/mol. The normalized spacial score (nSPS) is 15.3. The highest BCUT2D eigenvalue weighted by molar-refractivity contribution is 6.01. The highest BCUT2D eigenvalue weighted by Gasteiger charge is 2.32. The predicted octanol–water partition coefficient (Wildman–Crippen LogP) is 2.05. The van der Waals surface area contributed by atoms with Gasteiger partial charge in [-0.05, 0) is 46.1 Å². The summed E-state index contributed by atoms with van der Waals surface area (Å²) in [5, 5.41) is 9.19. The second kappa shape index (κ2) is 7.72. The number of aromatic nitrogens is 1. The van der Waals surface area contributed by atoms with E-state index in [4.69, 9.17) is 0 Å². The van der Waals surface area contributed by atoms with Gasteiger partial charge in [-0.2, -0.15) is 0 Å². The molecule has 1 saturated heterocycles. The molecule has 1 aromatic heterocycles. The van der Waals surface area contributed by atoms with Crippen molar-refractivity contribution in [1.29, 1.82) is 0 Å². The summed E-state index contributed by atoms with van der Waals surface area (Å²) < 4.78 is 0. The first-order valence-corrected chi connectivity index (χ1v) is 8.82. The Labute approximate surface area is 148 Å². The summed E-state index contributed by atoms with van der Waals surface area (Å²) in [6.45, 7) is 9.74. The number of rotatable bonds is 5. The lowest BCUT2D eigenvalue weighted by Crippen LogP contribution is -2.44. The summed E-state index contributed by atoms with van der Waals surface area (Å²) in [5.41, 5.74) is 1.54. The van der Waals surface area contributed by atoms with E-state index in [9.17, 15) is 19.5 Å². The third-order valence-electron chi connectivity index (χ3n) is 5.07. The molecule has 1 aromatic rings. The van der Waals surface area contributed by atoms with Crippen molar-refractivity contribution in [3.8, 4) is 0 Å². The molecule has 2 heterocycles. The number of likely N-dealkylation sites (tertiary alicyclic amines) is 1. The van der Waals surface area contributed by atoms with E-state index in [1.54, 1.807) is 18.7 Å². The van der Waals surface area contributed by atoms with Gasteiger partial charge in [0.2, 0.25) is 5.91 Å². The zero-order chi connectivity index (χ0) is 18.7. The number of aryl methyl sites for hydroxylation is 1. The molecule has 2 N–H and O–H groups in total. The van der Waals surface area contributed by atoms with Crippen molar-refractivity contribution in [3.05, 3.63) is 22.5 Å². The van der Waals surface area contributed by atoms with Gasteiger partial charge in [0.1, 0.15) is 5.69 Å². The van der Waals surface area contributed by atoms with Crippen molar-refractivity contribution in [1.82, 2.24) is 14.8 Å². The van der Waals surface area contributed by atoms with Crippen LogP contribution in [0.25, 0.3) is 0 Å². The van der Waals surface area contributed by atoms with E-state index in [0.29, 0.717) is 55.8 Å². The average Bonchev–Trinajstić information content (AvgIpc) is 2.90. The number of carboxylic acids is 1. The molecule has 7 heteroatoms. The third kappa shape index (κ3) is 3.70. The van der Waals surface area contributed by atoms with Gasteiger partial charge in [0, 0.05) is 37.8 Å². The number of hydrogen-bond acceptors (Lipinski definition) is 3. The maximum absolute atomic E-state index is 12.8. The molecular formula is C18H27N3O4. The van der Waals surface area contributed by atoms with Crippen molar-refractivity contribution in [3.63, 3.8) is 0 Å². The number of carbonyl (C=O) groups excluding carboxylic acids is 2. The standard InChI is InChI=1S/C18H27N3O4/c1-5-20(6-2)16(22)13-7-9-21(10-8-13)17(23)14-11(3)15(18(24)25)19-12(14)4/h13,19H,5-10H2,1-4H3,(H,24,25). The quantitative estimate of drug-likeness (QED) is 0.851. The van der Waals surface area contributed by atoms with Gasteiger partial charge in [-0.15, -0.1) is 0 Å². The number of carboxylic acid groups (broad SMARTS) is 1. The van der Waals surface area contributed by atoms with Crippen molar-refractivity contribution in [2.75, 3.05) is 26.2 Å². The molecule has 0 bridgehead atoms. The molecule has 0 spiro atoms. The molecule has 25 heavy (non-hydrogen) atoms. The average molecular weight is 349 g/mol. The summed E-state index contributed by atoms with van der Waals surface area (Å²) in [7, 11) is 0. The van der Waals surface area contributed by atoms with Crippen molar-refractivity contribution < 1.29 is 19.5 Å². The number of hydrogen-bond donors (Lipinski definition) is 2. The van der Waals surface area contributed by atoms with E-state index in [1.165, 1.54) is 0 Å². The Morgan fingerprint density at radius 1 is 1.16 bits per heavy atom. The van der Waals surface area contributed by atoms with Gasteiger partial charge in [0.05, 0.1) is 5.56 Å². The van der Waals surface area contributed by atoms with Crippen molar-refractivity contribution in [2.24, 2.45) is 5.92 Å². The zero-order valence-corrected chi connectivity index (χ0v) is 15.4. The molecule has 0 aliphatic carbocycles. The maximum atomic E-state index is 12.8. The Hall–Kier alpha value is -2.31. The van der Waals surface area contributed by atoms with Crippen LogP contribution in [0.5, 0.6) is 0 Å². The van der Waals surface area contributed by atoms with Gasteiger partial charge in [0.25, 0.3) is 5.91 Å². The van der Waals surface area contributed by atoms with E-state index >= 15 is 0 Å². The number of carbonyl (C=O) groups is 3. The molecule has 0 saturated carbocycles. The molecule has 0 unspecified atom stereocenters. The Balaban J connectivity index is 2.07. The van der Waals surface area contributed by atoms with E-state index in [0.717, 1.165) is 0 Å². The van der Waals surface area contributed by atoms with Gasteiger partial charge in [-0.25, -0.2) is 4.79 Å². The second-order valence-electron chi connectivity index (χ2n) is 6.51. The lowest BCUT2D eigenvalue weighted by molar-refractivity contribution is -0.136. The summed E-state index contributed by atoms with van der Waals surface area (Å²) in [6, 6.07) is 0. The SMILES string of the molecule is CCN(CC)C(=O)C1CCN(C(=O)c2c(C)[nH]c(C(=O)O)c2C)CC1. The summed E-state index contributed by atoms with van der Waals surface area (Å²) in [5.74, 6) is -1.10. The topological polar surface area (TPSA) is 93.7 Å². The van der Waals surface area contributed by atoms with Crippen molar-refractivity contribution >= 4 is 17.8 Å². The number of piperidine rings is 1. The Morgan fingerprint density at radius 2 is 1.72 bits per heavy atom.